The Morgan fingerprint density at radius 3 is 2.56 bits per heavy atom. The lowest BCUT2D eigenvalue weighted by Gasteiger charge is -2.32. The van der Waals surface area contributed by atoms with E-state index in [0.717, 1.165) is 62.5 Å². The van der Waals surface area contributed by atoms with Gasteiger partial charge in [-0.25, -0.2) is 4.98 Å². The lowest BCUT2D eigenvalue weighted by atomic mass is 10.2. The number of aromatic nitrogens is 2. The van der Waals surface area contributed by atoms with Gasteiger partial charge in [-0.2, -0.15) is 0 Å². The molecule has 4 rings (SSSR count). The number of ether oxygens (including phenoxy) is 1. The van der Waals surface area contributed by atoms with Crippen LogP contribution in [0.4, 0.5) is 5.95 Å². The molecule has 0 bridgehead atoms. The number of nitrogens with one attached hydrogen (secondary N) is 1. The first-order valence-electron chi connectivity index (χ1n) is 10.7. The highest BCUT2D eigenvalue weighted by Crippen LogP contribution is 2.26. The van der Waals surface area contributed by atoms with Crippen molar-refractivity contribution in [1.82, 2.24) is 19.4 Å². The van der Waals surface area contributed by atoms with Gasteiger partial charge in [-0.15, -0.1) is 0 Å². The summed E-state index contributed by atoms with van der Waals surface area (Å²) in [6.07, 6.45) is 0.955. The number of imidazole rings is 1. The zero-order valence-corrected chi connectivity index (χ0v) is 19.8. The molecular formula is C23H27Cl2N5O2. The van der Waals surface area contributed by atoms with Gasteiger partial charge < -0.3 is 19.1 Å². The monoisotopic (exact) mass is 475 g/mol. The van der Waals surface area contributed by atoms with Crippen LogP contribution in [0, 0.1) is 0 Å². The number of likely N-dealkylation sites (N-methyl/N-ethyl adjacent to an activating group) is 1. The molecule has 1 aliphatic heterocycles. The summed E-state index contributed by atoms with van der Waals surface area (Å²) in [5, 5.41) is 3.69. The standard InChI is InChI=1S/C23H27Cl2N5O2/c1-28-10-12-29(13-11-28)8-3-9-30-21-7-5-17(32-2)15-20(21)26-23(30)27-22(31)16-4-6-18(24)19(25)14-16/h4-7,14-15H,3,8-13H2,1-2H3,(H,26,27,31). The Morgan fingerprint density at radius 1 is 1.06 bits per heavy atom. The molecule has 0 radical (unpaired) electrons. The largest absolute Gasteiger partial charge is 0.497 e. The average molecular weight is 476 g/mol. The van der Waals surface area contributed by atoms with Crippen molar-refractivity contribution in [3.8, 4) is 5.75 Å². The van der Waals surface area contributed by atoms with Gasteiger partial charge in [0.2, 0.25) is 5.95 Å². The van der Waals surface area contributed by atoms with Crippen molar-refractivity contribution < 1.29 is 9.53 Å². The fourth-order valence-electron chi connectivity index (χ4n) is 3.89. The summed E-state index contributed by atoms with van der Waals surface area (Å²) in [6.45, 7) is 6.10. The molecule has 1 aliphatic rings. The lowest BCUT2D eigenvalue weighted by molar-refractivity contribution is 0.102. The van der Waals surface area contributed by atoms with Gasteiger partial charge in [-0.3, -0.25) is 10.1 Å². The minimum absolute atomic E-state index is 0.286. The fourth-order valence-corrected chi connectivity index (χ4v) is 4.19. The summed E-state index contributed by atoms with van der Waals surface area (Å²) in [7, 11) is 3.78. The maximum Gasteiger partial charge on any atom is 0.258 e. The van der Waals surface area contributed by atoms with E-state index in [1.165, 1.54) is 0 Å². The molecule has 1 amide bonds. The van der Waals surface area contributed by atoms with Crippen LogP contribution in [-0.2, 0) is 6.54 Å². The molecule has 2 heterocycles. The number of anilines is 1. The van der Waals surface area contributed by atoms with Crippen LogP contribution < -0.4 is 10.1 Å². The molecule has 0 unspecified atom stereocenters. The number of hydrogen-bond acceptors (Lipinski definition) is 5. The van der Waals surface area contributed by atoms with E-state index in [1.807, 2.05) is 18.2 Å². The number of halogens is 2. The lowest BCUT2D eigenvalue weighted by Crippen LogP contribution is -2.44. The molecule has 0 atom stereocenters. The number of fused-ring (bicyclic) bond motifs is 1. The van der Waals surface area contributed by atoms with Gasteiger partial charge in [0.1, 0.15) is 5.75 Å². The van der Waals surface area contributed by atoms with Crippen LogP contribution in [0.25, 0.3) is 11.0 Å². The number of benzene rings is 2. The molecule has 1 saturated heterocycles. The first kappa shape index (κ1) is 22.9. The Morgan fingerprint density at radius 2 is 1.84 bits per heavy atom. The van der Waals surface area contributed by atoms with E-state index in [4.69, 9.17) is 27.9 Å². The van der Waals surface area contributed by atoms with Crippen molar-refractivity contribution in [1.29, 1.82) is 0 Å². The SMILES string of the molecule is COc1ccc2c(c1)nc(NC(=O)c1ccc(Cl)c(Cl)c1)n2CCCN1CCN(C)CC1. The second-order valence-corrected chi connectivity index (χ2v) is 8.84. The summed E-state index contributed by atoms with van der Waals surface area (Å²) in [4.78, 5) is 22.4. The van der Waals surface area contributed by atoms with Crippen molar-refractivity contribution >= 4 is 46.1 Å². The first-order chi connectivity index (χ1) is 15.4. The molecule has 1 aromatic heterocycles. The molecule has 3 aromatic rings. The van der Waals surface area contributed by atoms with Crippen molar-refractivity contribution in [3.05, 3.63) is 52.0 Å². The Labute approximate surface area is 197 Å². The number of rotatable bonds is 7. The summed E-state index contributed by atoms with van der Waals surface area (Å²) >= 11 is 12.1. The van der Waals surface area contributed by atoms with Crippen LogP contribution in [0.5, 0.6) is 5.75 Å². The van der Waals surface area contributed by atoms with Crippen LogP contribution in [0.1, 0.15) is 16.8 Å². The molecule has 170 valence electrons. The summed E-state index contributed by atoms with van der Waals surface area (Å²) < 4.78 is 7.40. The third-order valence-electron chi connectivity index (χ3n) is 5.81. The number of nitrogens with zero attached hydrogens (tertiary/aromatic N) is 4. The highest BCUT2D eigenvalue weighted by Gasteiger charge is 2.17. The van der Waals surface area contributed by atoms with Crippen LogP contribution in [0.3, 0.4) is 0 Å². The summed E-state index contributed by atoms with van der Waals surface area (Å²) in [5.41, 5.74) is 2.15. The van der Waals surface area contributed by atoms with Crippen molar-refractivity contribution in [2.75, 3.05) is 52.2 Å². The average Bonchev–Trinajstić information content (AvgIpc) is 3.13. The Bertz CT molecular complexity index is 1110. The number of amides is 1. The Balaban J connectivity index is 1.54. The molecule has 0 saturated carbocycles. The molecule has 2 aromatic carbocycles. The van der Waals surface area contributed by atoms with Crippen molar-refractivity contribution in [2.24, 2.45) is 0 Å². The van der Waals surface area contributed by atoms with Gasteiger partial charge in [-0.1, -0.05) is 23.2 Å². The van der Waals surface area contributed by atoms with E-state index in [0.29, 0.717) is 21.6 Å². The van der Waals surface area contributed by atoms with Crippen LogP contribution >= 0.6 is 23.2 Å². The van der Waals surface area contributed by atoms with Crippen molar-refractivity contribution in [3.63, 3.8) is 0 Å². The van der Waals surface area contributed by atoms with Crippen LogP contribution in [0.15, 0.2) is 36.4 Å². The van der Waals surface area contributed by atoms with Gasteiger partial charge >= 0.3 is 0 Å². The summed E-state index contributed by atoms with van der Waals surface area (Å²) in [6, 6.07) is 10.6. The zero-order valence-electron chi connectivity index (χ0n) is 18.3. The third-order valence-corrected chi connectivity index (χ3v) is 6.55. The maximum atomic E-state index is 12.9. The molecule has 32 heavy (non-hydrogen) atoms. The third kappa shape index (κ3) is 5.18. The Kier molecular flexibility index (Phi) is 7.20. The predicted octanol–water partition coefficient (Wildman–Crippen LogP) is 4.24. The van der Waals surface area contributed by atoms with Gasteiger partial charge in [0, 0.05) is 44.4 Å². The van der Waals surface area contributed by atoms with Crippen LogP contribution in [-0.4, -0.2) is 72.1 Å². The van der Waals surface area contributed by atoms with Crippen LogP contribution in [0.2, 0.25) is 10.0 Å². The molecule has 9 heteroatoms. The molecule has 1 N–H and O–H groups in total. The first-order valence-corrected chi connectivity index (χ1v) is 11.4. The fraction of sp³-hybridized carbons (Fsp3) is 0.391. The van der Waals surface area contributed by atoms with Gasteiger partial charge in [0.05, 0.1) is 28.2 Å². The van der Waals surface area contributed by atoms with E-state index >= 15 is 0 Å². The number of carbonyl (C=O) groups is 1. The minimum atomic E-state index is -0.286. The maximum absolute atomic E-state index is 12.9. The second-order valence-electron chi connectivity index (χ2n) is 8.02. The highest BCUT2D eigenvalue weighted by molar-refractivity contribution is 6.42. The normalized spacial score (nSPS) is 15.2. The van der Waals surface area contributed by atoms with E-state index in [1.54, 1.807) is 25.3 Å². The minimum Gasteiger partial charge on any atom is -0.497 e. The topological polar surface area (TPSA) is 62.6 Å². The second kappa shape index (κ2) is 10.1. The predicted molar refractivity (Wildman–Crippen MR) is 129 cm³/mol. The number of carbonyl (C=O) groups excluding carboxylic acids is 1. The zero-order chi connectivity index (χ0) is 22.7. The molecule has 0 spiro atoms. The molecule has 1 fully saturated rings. The number of aryl methyl sites for hydroxylation is 1. The number of methoxy groups -OCH3 is 1. The van der Waals surface area contributed by atoms with Crippen molar-refractivity contribution in [2.45, 2.75) is 13.0 Å². The van der Waals surface area contributed by atoms with E-state index in [2.05, 4.69) is 31.7 Å². The van der Waals surface area contributed by atoms with E-state index in [-0.39, 0.29) is 5.91 Å². The molecule has 7 nitrogen and oxygen atoms in total. The van der Waals surface area contributed by atoms with E-state index < -0.39 is 0 Å². The van der Waals surface area contributed by atoms with Gasteiger partial charge in [-0.05, 0) is 50.3 Å². The Hall–Kier alpha value is -2.32. The highest BCUT2D eigenvalue weighted by atomic mass is 35.5. The molecular weight excluding hydrogens is 449 g/mol. The van der Waals surface area contributed by atoms with E-state index in [9.17, 15) is 4.79 Å². The van der Waals surface area contributed by atoms with Gasteiger partial charge in [0.15, 0.2) is 0 Å². The smallest absolute Gasteiger partial charge is 0.258 e. The number of hydrogen-bond donors (Lipinski definition) is 1. The number of piperazine rings is 1. The molecule has 0 aliphatic carbocycles. The van der Waals surface area contributed by atoms with Gasteiger partial charge in [0.25, 0.3) is 5.91 Å². The summed E-state index contributed by atoms with van der Waals surface area (Å²) in [5.74, 6) is 0.941. The quantitative estimate of drug-likeness (QED) is 0.553.